The highest BCUT2D eigenvalue weighted by molar-refractivity contribution is 6.08. The second-order valence-electron chi connectivity index (χ2n) is 5.09. The third-order valence-corrected chi connectivity index (χ3v) is 3.69. The lowest BCUT2D eigenvalue weighted by Crippen LogP contribution is -2.23. The number of carbonyl (C=O) groups excluding carboxylic acids is 2. The smallest absolute Gasteiger partial charge is 0.224 e. The number of nitrogens with one attached hydrogen (secondary N) is 1. The van der Waals surface area contributed by atoms with Gasteiger partial charge in [-0.15, -0.1) is 0 Å². The van der Waals surface area contributed by atoms with Gasteiger partial charge in [-0.1, -0.05) is 12.1 Å². The minimum Gasteiger partial charge on any atom is -0.360 e. The van der Waals surface area contributed by atoms with Crippen molar-refractivity contribution in [3.05, 3.63) is 47.7 Å². The topological polar surface area (TPSA) is 73.2 Å². The zero-order valence-corrected chi connectivity index (χ0v) is 12.0. The van der Waals surface area contributed by atoms with Crippen LogP contribution in [0.25, 0.3) is 10.8 Å². The molecule has 5 nitrogen and oxygen atoms in total. The van der Waals surface area contributed by atoms with Crippen molar-refractivity contribution in [1.29, 1.82) is 5.26 Å². The fraction of sp³-hybridized carbons (Fsp3) is 0.118. The van der Waals surface area contributed by atoms with Gasteiger partial charge < -0.3 is 10.2 Å². The molecule has 2 aromatic rings. The van der Waals surface area contributed by atoms with Crippen LogP contribution in [0.15, 0.2) is 42.1 Å². The molecular formula is C17H13N3O2. The molecule has 0 atom stereocenters. The van der Waals surface area contributed by atoms with E-state index in [1.54, 1.807) is 17.9 Å². The average molecular weight is 291 g/mol. The molecule has 0 bridgehead atoms. The minimum absolute atomic E-state index is 0.00540. The van der Waals surface area contributed by atoms with E-state index in [0.29, 0.717) is 12.8 Å². The summed E-state index contributed by atoms with van der Waals surface area (Å²) in [5.74, 6) is 0.00540. The van der Waals surface area contributed by atoms with E-state index in [9.17, 15) is 9.59 Å². The van der Waals surface area contributed by atoms with Crippen molar-refractivity contribution in [3.8, 4) is 6.07 Å². The molecule has 0 aromatic heterocycles. The molecule has 0 unspecified atom stereocenters. The van der Waals surface area contributed by atoms with Crippen LogP contribution in [-0.4, -0.2) is 12.2 Å². The van der Waals surface area contributed by atoms with E-state index in [-0.39, 0.29) is 11.5 Å². The first kappa shape index (κ1) is 13.8. The average Bonchev–Trinajstić information content (AvgIpc) is 2.89. The number of hydrogen-bond acceptors (Lipinski definition) is 4. The molecule has 0 saturated carbocycles. The molecule has 22 heavy (non-hydrogen) atoms. The molecule has 3 rings (SSSR count). The van der Waals surface area contributed by atoms with Crippen molar-refractivity contribution in [2.24, 2.45) is 0 Å². The number of amides is 1. The third-order valence-electron chi connectivity index (χ3n) is 3.69. The molecule has 1 aliphatic heterocycles. The van der Waals surface area contributed by atoms with Crippen LogP contribution in [0.5, 0.6) is 0 Å². The Labute approximate surface area is 127 Å². The lowest BCUT2D eigenvalue weighted by Gasteiger charge is -2.14. The Morgan fingerprint density at radius 2 is 2.23 bits per heavy atom. The van der Waals surface area contributed by atoms with Crippen LogP contribution in [-0.2, 0) is 16.1 Å². The highest BCUT2D eigenvalue weighted by Crippen LogP contribution is 2.39. The summed E-state index contributed by atoms with van der Waals surface area (Å²) in [6.07, 6.45) is 1.88. The molecule has 1 amide bonds. The maximum absolute atomic E-state index is 11.8. The number of nitriles is 1. The number of benzene rings is 2. The Balaban J connectivity index is 2.05. The first-order valence-corrected chi connectivity index (χ1v) is 6.80. The summed E-state index contributed by atoms with van der Waals surface area (Å²) >= 11 is 0. The van der Waals surface area contributed by atoms with Gasteiger partial charge >= 0.3 is 0 Å². The Bertz CT molecular complexity index is 862. The zero-order valence-electron chi connectivity index (χ0n) is 12.0. The Kier molecular flexibility index (Phi) is 3.36. The van der Waals surface area contributed by atoms with Crippen LogP contribution in [0, 0.1) is 11.3 Å². The van der Waals surface area contributed by atoms with E-state index in [1.807, 2.05) is 30.3 Å². The van der Waals surface area contributed by atoms with Crippen LogP contribution in [0.1, 0.15) is 12.5 Å². The quantitative estimate of drug-likeness (QED) is 0.536. The van der Waals surface area contributed by atoms with Crippen molar-refractivity contribution < 1.29 is 9.59 Å². The van der Waals surface area contributed by atoms with Gasteiger partial charge in [-0.05, 0) is 29.1 Å². The van der Waals surface area contributed by atoms with Gasteiger partial charge in [-0.25, -0.2) is 0 Å². The molecule has 1 aliphatic rings. The third kappa shape index (κ3) is 2.21. The van der Waals surface area contributed by atoms with Crippen molar-refractivity contribution in [3.63, 3.8) is 0 Å². The van der Waals surface area contributed by atoms with Crippen LogP contribution in [0.2, 0.25) is 0 Å². The lowest BCUT2D eigenvalue weighted by molar-refractivity contribution is -0.116. The molecule has 108 valence electrons. The minimum atomic E-state index is 0.00540. The number of aldehydes is 1. The van der Waals surface area contributed by atoms with Gasteiger partial charge in [-0.3, -0.25) is 9.59 Å². The summed E-state index contributed by atoms with van der Waals surface area (Å²) in [4.78, 5) is 24.1. The standard InChI is InChI=1S/C17H13N3O2/c1-11(22)20-9-14-6-15(19-8-12(7-18)10-21)5-13-3-2-4-16(20)17(13)14/h2-6,8,10,19H,9H2,1H3/b12-8+. The van der Waals surface area contributed by atoms with E-state index in [4.69, 9.17) is 5.26 Å². The molecule has 2 aromatic carbocycles. The summed E-state index contributed by atoms with van der Waals surface area (Å²) in [7, 11) is 0. The Morgan fingerprint density at radius 3 is 2.91 bits per heavy atom. The van der Waals surface area contributed by atoms with Gasteiger partial charge in [0.05, 0.1) is 12.2 Å². The van der Waals surface area contributed by atoms with Crippen LogP contribution >= 0.6 is 0 Å². The highest BCUT2D eigenvalue weighted by Gasteiger charge is 2.24. The van der Waals surface area contributed by atoms with Gasteiger partial charge in [0.15, 0.2) is 6.29 Å². The first-order valence-electron chi connectivity index (χ1n) is 6.80. The summed E-state index contributed by atoms with van der Waals surface area (Å²) < 4.78 is 0. The maximum Gasteiger partial charge on any atom is 0.224 e. The van der Waals surface area contributed by atoms with E-state index in [2.05, 4.69) is 5.32 Å². The second kappa shape index (κ2) is 5.34. The maximum atomic E-state index is 11.8. The molecule has 0 aliphatic carbocycles. The lowest BCUT2D eigenvalue weighted by atomic mass is 10.0. The van der Waals surface area contributed by atoms with Crippen molar-refractivity contribution in [2.75, 3.05) is 10.2 Å². The predicted octanol–water partition coefficient (Wildman–Crippen LogP) is 2.72. The van der Waals surface area contributed by atoms with Gasteiger partial charge in [-0.2, -0.15) is 5.26 Å². The number of carbonyl (C=O) groups is 2. The van der Waals surface area contributed by atoms with Crippen LogP contribution < -0.4 is 10.2 Å². The molecule has 1 heterocycles. The Hall–Kier alpha value is -3.13. The number of anilines is 2. The molecule has 0 saturated heterocycles. The SMILES string of the molecule is CC(=O)N1Cc2cc(N/C=C(\C#N)C=O)cc3cccc1c23. The number of rotatable bonds is 3. The normalized spacial score (nSPS) is 13.1. The first-order chi connectivity index (χ1) is 10.6. The molecule has 0 spiro atoms. The van der Waals surface area contributed by atoms with E-state index < -0.39 is 0 Å². The van der Waals surface area contributed by atoms with Crippen LogP contribution in [0.4, 0.5) is 11.4 Å². The number of hydrogen-bond donors (Lipinski definition) is 1. The highest BCUT2D eigenvalue weighted by atomic mass is 16.2. The summed E-state index contributed by atoms with van der Waals surface area (Å²) in [5, 5.41) is 13.8. The van der Waals surface area contributed by atoms with Crippen molar-refractivity contribution in [2.45, 2.75) is 13.5 Å². The predicted molar refractivity (Wildman–Crippen MR) is 84.2 cm³/mol. The largest absolute Gasteiger partial charge is 0.360 e. The molecule has 0 radical (unpaired) electrons. The molecule has 0 fully saturated rings. The Morgan fingerprint density at radius 1 is 1.41 bits per heavy atom. The fourth-order valence-corrected chi connectivity index (χ4v) is 2.72. The number of allylic oxidation sites excluding steroid dienone is 1. The van der Waals surface area contributed by atoms with Crippen LogP contribution in [0.3, 0.4) is 0 Å². The van der Waals surface area contributed by atoms with Crippen molar-refractivity contribution >= 4 is 34.3 Å². The summed E-state index contributed by atoms with van der Waals surface area (Å²) in [6.45, 7) is 2.08. The number of nitrogens with zero attached hydrogens (tertiary/aromatic N) is 2. The second-order valence-corrected chi connectivity index (χ2v) is 5.09. The van der Waals surface area contributed by atoms with E-state index in [0.717, 1.165) is 27.7 Å². The van der Waals surface area contributed by atoms with Crippen molar-refractivity contribution in [1.82, 2.24) is 0 Å². The summed E-state index contributed by atoms with van der Waals surface area (Å²) in [5.41, 5.74) is 2.77. The van der Waals surface area contributed by atoms with E-state index in [1.165, 1.54) is 6.20 Å². The zero-order chi connectivity index (χ0) is 15.7. The van der Waals surface area contributed by atoms with Gasteiger partial charge in [0.2, 0.25) is 5.91 Å². The molecule has 5 heteroatoms. The molecular weight excluding hydrogens is 278 g/mol. The van der Waals surface area contributed by atoms with Gasteiger partial charge in [0.25, 0.3) is 0 Å². The molecule has 1 N–H and O–H groups in total. The van der Waals surface area contributed by atoms with E-state index >= 15 is 0 Å². The monoisotopic (exact) mass is 291 g/mol. The van der Waals surface area contributed by atoms with Gasteiger partial charge in [0.1, 0.15) is 11.6 Å². The van der Waals surface area contributed by atoms with Gasteiger partial charge in [0, 0.05) is 24.2 Å². The fourth-order valence-electron chi connectivity index (χ4n) is 2.72. The summed E-state index contributed by atoms with van der Waals surface area (Å²) in [6, 6.07) is 11.5.